The van der Waals surface area contributed by atoms with E-state index < -0.39 is 35.6 Å². The minimum absolute atomic E-state index is 0.0540. The van der Waals surface area contributed by atoms with Crippen LogP contribution >= 0.6 is 0 Å². The maximum absolute atomic E-state index is 14.4. The van der Waals surface area contributed by atoms with Crippen LogP contribution < -0.4 is 4.74 Å². The van der Waals surface area contributed by atoms with Crippen molar-refractivity contribution in [3.63, 3.8) is 0 Å². The molecule has 3 fully saturated rings. The second-order valence-corrected chi connectivity index (χ2v) is 11.4. The van der Waals surface area contributed by atoms with Gasteiger partial charge >= 0.3 is 6.11 Å². The Bertz CT molecular complexity index is 922. The van der Waals surface area contributed by atoms with Gasteiger partial charge in [-0.05, 0) is 137 Å². The van der Waals surface area contributed by atoms with Crippen molar-refractivity contribution in [3.05, 3.63) is 53.6 Å². The third kappa shape index (κ3) is 7.35. The molecule has 206 valence electrons. The van der Waals surface area contributed by atoms with E-state index in [0.717, 1.165) is 55.6 Å². The zero-order valence-electron chi connectivity index (χ0n) is 21.5. The first-order chi connectivity index (χ1) is 17.6. The van der Waals surface area contributed by atoms with Gasteiger partial charge in [-0.2, -0.15) is 17.6 Å². The van der Waals surface area contributed by atoms with Crippen molar-refractivity contribution in [1.29, 1.82) is 0 Å². The molecule has 0 N–H and O–H groups in total. The van der Waals surface area contributed by atoms with Gasteiger partial charge in [-0.15, -0.1) is 0 Å². The number of hydrogen-bond donors (Lipinski definition) is 0. The Hall–Kier alpha value is -1.92. The molecule has 0 heterocycles. The maximum atomic E-state index is 14.4. The summed E-state index contributed by atoms with van der Waals surface area (Å²) in [6, 6.07) is 2.01. The first-order valence-corrected chi connectivity index (χ1v) is 13.9. The van der Waals surface area contributed by atoms with E-state index in [9.17, 15) is 26.3 Å². The van der Waals surface area contributed by atoms with Crippen LogP contribution in [0.15, 0.2) is 36.4 Å². The van der Waals surface area contributed by atoms with Gasteiger partial charge in [0.05, 0.1) is 6.08 Å². The molecule has 3 aliphatic carbocycles. The Morgan fingerprint density at radius 1 is 0.757 bits per heavy atom. The molecule has 0 amide bonds. The van der Waals surface area contributed by atoms with Crippen LogP contribution in [0.5, 0.6) is 5.75 Å². The highest BCUT2D eigenvalue weighted by Crippen LogP contribution is 2.47. The maximum Gasteiger partial charge on any atom is 0.425 e. The highest BCUT2D eigenvalue weighted by molar-refractivity contribution is 5.34. The molecule has 0 aromatic heterocycles. The van der Waals surface area contributed by atoms with Crippen molar-refractivity contribution in [2.75, 3.05) is 0 Å². The van der Waals surface area contributed by atoms with Crippen molar-refractivity contribution in [1.82, 2.24) is 0 Å². The lowest BCUT2D eigenvalue weighted by molar-refractivity contribution is -0.137. The molecular formula is C30H38F6O. The molecule has 0 saturated heterocycles. The van der Waals surface area contributed by atoms with Crippen molar-refractivity contribution in [3.8, 4) is 5.75 Å². The van der Waals surface area contributed by atoms with Crippen molar-refractivity contribution >= 4 is 0 Å². The molecule has 3 aliphatic rings. The van der Waals surface area contributed by atoms with Crippen LogP contribution in [-0.4, -0.2) is 6.11 Å². The molecule has 1 aromatic rings. The van der Waals surface area contributed by atoms with Crippen LogP contribution in [0.3, 0.4) is 0 Å². The van der Waals surface area contributed by atoms with Gasteiger partial charge in [-0.3, -0.25) is 0 Å². The van der Waals surface area contributed by atoms with Crippen LogP contribution in [0.2, 0.25) is 0 Å². The summed E-state index contributed by atoms with van der Waals surface area (Å²) >= 11 is 0. The largest absolute Gasteiger partial charge is 0.425 e. The Morgan fingerprint density at radius 2 is 1.19 bits per heavy atom. The molecule has 37 heavy (non-hydrogen) atoms. The summed E-state index contributed by atoms with van der Waals surface area (Å²) in [7, 11) is 0. The minimum Gasteiger partial charge on any atom is -0.423 e. The second-order valence-electron chi connectivity index (χ2n) is 11.4. The summed E-state index contributed by atoms with van der Waals surface area (Å²) in [5, 5.41) is 0. The van der Waals surface area contributed by atoms with E-state index in [1.807, 2.05) is 0 Å². The average Bonchev–Trinajstić information content (AvgIpc) is 2.86. The average molecular weight is 529 g/mol. The summed E-state index contributed by atoms with van der Waals surface area (Å²) in [4.78, 5) is 0. The smallest absolute Gasteiger partial charge is 0.423 e. The van der Waals surface area contributed by atoms with Gasteiger partial charge in [0.25, 0.3) is 6.08 Å². The molecule has 0 radical (unpaired) electrons. The summed E-state index contributed by atoms with van der Waals surface area (Å²) in [6.07, 6.45) is 10.7. The van der Waals surface area contributed by atoms with Crippen LogP contribution in [-0.2, 0) is 0 Å². The first-order valence-electron chi connectivity index (χ1n) is 13.9. The van der Waals surface area contributed by atoms with E-state index in [4.69, 9.17) is 0 Å². The number of hydrogen-bond acceptors (Lipinski definition) is 1. The number of ether oxygens (including phenoxy) is 1. The fraction of sp³-hybridized carbons (Fsp3) is 0.667. The summed E-state index contributed by atoms with van der Waals surface area (Å²) in [5.41, 5.74) is 0.411. The third-order valence-electron chi connectivity index (χ3n) is 9.21. The van der Waals surface area contributed by atoms with Crippen molar-refractivity contribution in [2.24, 2.45) is 29.6 Å². The number of benzene rings is 1. The van der Waals surface area contributed by atoms with Crippen LogP contribution in [0, 0.1) is 41.2 Å². The van der Waals surface area contributed by atoms with E-state index in [0.29, 0.717) is 17.4 Å². The lowest BCUT2D eigenvalue weighted by atomic mass is 9.64. The summed E-state index contributed by atoms with van der Waals surface area (Å²) in [5.74, 6) is -0.161. The summed E-state index contributed by atoms with van der Waals surface area (Å²) < 4.78 is 84.1. The van der Waals surface area contributed by atoms with Gasteiger partial charge in [-0.1, -0.05) is 12.2 Å². The van der Waals surface area contributed by atoms with Crippen molar-refractivity contribution < 1.29 is 31.1 Å². The van der Waals surface area contributed by atoms with Gasteiger partial charge in [0.2, 0.25) is 0 Å². The van der Waals surface area contributed by atoms with Gasteiger partial charge in [0, 0.05) is 0 Å². The minimum atomic E-state index is -4.51. The predicted molar refractivity (Wildman–Crippen MR) is 133 cm³/mol. The van der Waals surface area contributed by atoms with Crippen molar-refractivity contribution in [2.45, 2.75) is 96.0 Å². The fourth-order valence-corrected chi connectivity index (χ4v) is 7.30. The lowest BCUT2D eigenvalue weighted by Crippen LogP contribution is -2.29. The zero-order chi connectivity index (χ0) is 26.6. The van der Waals surface area contributed by atoms with E-state index in [2.05, 4.69) is 23.8 Å². The molecular weight excluding hydrogens is 490 g/mol. The normalized spacial score (nSPS) is 31.3. The Labute approximate surface area is 216 Å². The number of allylic oxidation sites excluding steroid dienone is 2. The van der Waals surface area contributed by atoms with Gasteiger partial charge in [0.1, 0.15) is 0 Å². The number of rotatable bonds is 7. The monoisotopic (exact) mass is 528 g/mol. The lowest BCUT2D eigenvalue weighted by Gasteiger charge is -2.41. The molecule has 0 bridgehead atoms. The first kappa shape index (κ1) is 28.1. The van der Waals surface area contributed by atoms with E-state index in [1.165, 1.54) is 51.4 Å². The van der Waals surface area contributed by atoms with Gasteiger partial charge in [-0.25, -0.2) is 8.78 Å². The fourth-order valence-electron chi connectivity index (χ4n) is 7.30. The molecule has 1 aromatic carbocycles. The molecule has 1 nitrogen and oxygen atoms in total. The van der Waals surface area contributed by atoms with Crippen LogP contribution in [0.1, 0.15) is 95.5 Å². The van der Waals surface area contributed by atoms with E-state index in [-0.39, 0.29) is 5.92 Å². The molecule has 4 rings (SSSR count). The van der Waals surface area contributed by atoms with E-state index in [1.54, 1.807) is 0 Å². The number of halogens is 6. The topological polar surface area (TPSA) is 9.23 Å². The molecule has 3 saturated carbocycles. The second kappa shape index (κ2) is 12.3. The van der Waals surface area contributed by atoms with Gasteiger partial charge in [0.15, 0.2) is 17.4 Å². The third-order valence-corrected chi connectivity index (χ3v) is 9.21. The predicted octanol–water partition coefficient (Wildman–Crippen LogP) is 10.2. The quantitative estimate of drug-likeness (QED) is 0.253. The van der Waals surface area contributed by atoms with Crippen LogP contribution in [0.4, 0.5) is 26.3 Å². The molecule has 0 aliphatic heterocycles. The highest BCUT2D eigenvalue weighted by Gasteiger charge is 2.36. The molecule has 0 atom stereocenters. The standard InChI is InChI=1S/C30H38F6O/c1-2-3-19-4-6-20(7-5-19)21-8-10-22(11-9-21)23-12-14-24(15-13-23)25-16-26(31)29(27(32)17-25)37-30(35,36)18-28(33)34/h2-3,16-24H,4-15H2,1H3/b3-2+. The Balaban J connectivity index is 1.26. The molecule has 0 unspecified atom stereocenters. The van der Waals surface area contributed by atoms with Gasteiger partial charge < -0.3 is 4.74 Å². The Morgan fingerprint density at radius 3 is 1.62 bits per heavy atom. The molecule has 0 spiro atoms. The summed E-state index contributed by atoms with van der Waals surface area (Å²) in [6.45, 7) is 2.10. The van der Waals surface area contributed by atoms with E-state index >= 15 is 0 Å². The highest BCUT2D eigenvalue weighted by atomic mass is 19.3. The SMILES string of the molecule is C/C=C/C1CCC(C2CCC(C3CCC(c4cc(F)c(OC(F)(F)C=C(F)F)c(F)c4)CC3)CC2)CC1. The zero-order valence-corrected chi connectivity index (χ0v) is 21.5. The molecule has 7 heteroatoms. The Kier molecular flexibility index (Phi) is 9.33. The number of alkyl halides is 2. The van der Waals surface area contributed by atoms with Crippen LogP contribution in [0.25, 0.3) is 0 Å².